The Bertz CT molecular complexity index is 557. The number of carboxylic acids is 1. The summed E-state index contributed by atoms with van der Waals surface area (Å²) in [4.78, 5) is 17.8. The van der Waals surface area contributed by atoms with Crippen molar-refractivity contribution in [1.29, 1.82) is 0 Å². The van der Waals surface area contributed by atoms with Crippen LogP contribution in [0.2, 0.25) is 5.02 Å². The summed E-state index contributed by atoms with van der Waals surface area (Å²) in [5, 5.41) is 8.89. The van der Waals surface area contributed by atoms with E-state index >= 15 is 0 Å². The molecule has 1 unspecified atom stereocenters. The number of imidazole rings is 1. The number of hydrogen-bond donors (Lipinski definition) is 2. The van der Waals surface area contributed by atoms with Crippen LogP contribution >= 0.6 is 11.6 Å². The van der Waals surface area contributed by atoms with Crippen LogP contribution in [0.3, 0.4) is 0 Å². The minimum Gasteiger partial charge on any atom is -0.481 e. The molecule has 2 rings (SSSR count). The zero-order valence-electron chi connectivity index (χ0n) is 9.23. The minimum absolute atomic E-state index is 0.0329. The van der Waals surface area contributed by atoms with E-state index in [0.717, 1.165) is 0 Å². The largest absolute Gasteiger partial charge is 0.481 e. The Hall–Kier alpha value is -1.88. The molecule has 1 aromatic carbocycles. The predicted octanol–water partition coefficient (Wildman–Crippen LogP) is 2.81. The van der Waals surface area contributed by atoms with Gasteiger partial charge in [-0.15, -0.1) is 0 Å². The third-order valence-corrected chi connectivity index (χ3v) is 2.86. The number of carbonyl (C=O) groups is 1. The second kappa shape index (κ2) is 5.18. The van der Waals surface area contributed by atoms with Gasteiger partial charge in [-0.1, -0.05) is 17.7 Å². The first-order valence-electron chi connectivity index (χ1n) is 5.24. The van der Waals surface area contributed by atoms with Crippen LogP contribution in [0.4, 0.5) is 4.39 Å². The predicted molar refractivity (Wildman–Crippen MR) is 64.1 cm³/mol. The number of hydrogen-bond acceptors (Lipinski definition) is 2. The molecule has 0 fully saturated rings. The molecule has 1 aromatic heterocycles. The van der Waals surface area contributed by atoms with Crippen molar-refractivity contribution >= 4 is 17.6 Å². The summed E-state index contributed by atoms with van der Waals surface area (Å²) in [5.41, 5.74) is 0.610. The zero-order chi connectivity index (χ0) is 13.1. The number of aliphatic carboxylic acids is 1. The summed E-state index contributed by atoms with van der Waals surface area (Å²) in [6.45, 7) is 0. The molecule has 4 nitrogen and oxygen atoms in total. The molecule has 1 atom stereocenters. The van der Waals surface area contributed by atoms with Gasteiger partial charge < -0.3 is 10.1 Å². The van der Waals surface area contributed by atoms with Crippen molar-refractivity contribution in [2.75, 3.05) is 0 Å². The minimum atomic E-state index is -0.961. The molecule has 0 aliphatic carbocycles. The highest BCUT2D eigenvalue weighted by Gasteiger charge is 2.20. The second-order valence-electron chi connectivity index (χ2n) is 3.80. The fourth-order valence-electron chi connectivity index (χ4n) is 1.74. The van der Waals surface area contributed by atoms with Gasteiger partial charge in [-0.2, -0.15) is 0 Å². The first-order chi connectivity index (χ1) is 8.58. The third-order valence-electron chi connectivity index (χ3n) is 2.57. The first-order valence-corrected chi connectivity index (χ1v) is 5.61. The molecule has 0 aliphatic rings. The second-order valence-corrected chi connectivity index (χ2v) is 4.21. The standard InChI is InChI=1S/C12H10ClFN2O2/c13-9-5-7(1-2-10(9)14)8(6-11(17)18)12-15-3-4-16-12/h1-5,8H,6H2,(H,15,16)(H,17,18). The van der Waals surface area contributed by atoms with Gasteiger partial charge in [0.1, 0.15) is 11.6 Å². The fourth-order valence-corrected chi connectivity index (χ4v) is 1.93. The molecule has 18 heavy (non-hydrogen) atoms. The molecular weight excluding hydrogens is 259 g/mol. The Balaban J connectivity index is 2.39. The Morgan fingerprint density at radius 1 is 1.56 bits per heavy atom. The van der Waals surface area contributed by atoms with E-state index in [2.05, 4.69) is 9.97 Å². The summed E-state index contributed by atoms with van der Waals surface area (Å²) < 4.78 is 13.1. The number of aromatic nitrogens is 2. The smallest absolute Gasteiger partial charge is 0.304 e. The number of nitrogens with one attached hydrogen (secondary N) is 1. The van der Waals surface area contributed by atoms with Crippen molar-refractivity contribution in [1.82, 2.24) is 9.97 Å². The molecule has 0 saturated carbocycles. The first kappa shape index (κ1) is 12.6. The molecule has 0 saturated heterocycles. The Morgan fingerprint density at radius 2 is 2.33 bits per heavy atom. The lowest BCUT2D eigenvalue weighted by atomic mass is 9.95. The number of carboxylic acid groups (broad SMARTS) is 1. The van der Waals surface area contributed by atoms with Crippen molar-refractivity contribution in [3.8, 4) is 0 Å². The van der Waals surface area contributed by atoms with E-state index in [1.807, 2.05) is 0 Å². The van der Waals surface area contributed by atoms with Crippen LogP contribution < -0.4 is 0 Å². The van der Waals surface area contributed by atoms with Gasteiger partial charge in [0.25, 0.3) is 0 Å². The van der Waals surface area contributed by atoms with Crippen molar-refractivity contribution in [3.05, 3.63) is 52.8 Å². The van der Waals surface area contributed by atoms with Crippen molar-refractivity contribution < 1.29 is 14.3 Å². The zero-order valence-corrected chi connectivity index (χ0v) is 9.99. The molecule has 2 aromatic rings. The molecule has 0 spiro atoms. The van der Waals surface area contributed by atoms with Crippen molar-refractivity contribution in [2.45, 2.75) is 12.3 Å². The highest BCUT2D eigenvalue weighted by Crippen LogP contribution is 2.28. The number of nitrogens with zero attached hydrogens (tertiary/aromatic N) is 1. The van der Waals surface area contributed by atoms with Crippen molar-refractivity contribution in [3.63, 3.8) is 0 Å². The van der Waals surface area contributed by atoms with E-state index in [0.29, 0.717) is 11.4 Å². The summed E-state index contributed by atoms with van der Waals surface area (Å²) >= 11 is 5.70. The monoisotopic (exact) mass is 268 g/mol. The van der Waals surface area contributed by atoms with Gasteiger partial charge in [0, 0.05) is 12.4 Å². The van der Waals surface area contributed by atoms with Crippen LogP contribution in [-0.2, 0) is 4.79 Å². The van der Waals surface area contributed by atoms with Crippen LogP contribution in [0.1, 0.15) is 23.7 Å². The molecule has 0 aliphatic heterocycles. The summed E-state index contributed by atoms with van der Waals surface area (Å²) in [6.07, 6.45) is 3.00. The van der Waals surface area contributed by atoms with E-state index in [-0.39, 0.29) is 11.4 Å². The van der Waals surface area contributed by atoms with Crippen LogP contribution in [0.25, 0.3) is 0 Å². The van der Waals surface area contributed by atoms with Gasteiger partial charge in [0.2, 0.25) is 0 Å². The molecule has 0 radical (unpaired) electrons. The molecule has 2 N–H and O–H groups in total. The Labute approximate surface area is 107 Å². The highest BCUT2D eigenvalue weighted by molar-refractivity contribution is 6.30. The van der Waals surface area contributed by atoms with E-state index in [1.54, 1.807) is 6.20 Å². The van der Waals surface area contributed by atoms with Crippen LogP contribution in [-0.4, -0.2) is 21.0 Å². The van der Waals surface area contributed by atoms with Gasteiger partial charge in [0.15, 0.2) is 0 Å². The van der Waals surface area contributed by atoms with Gasteiger partial charge in [0.05, 0.1) is 17.4 Å². The number of aromatic amines is 1. The average Bonchev–Trinajstić information content (AvgIpc) is 2.83. The lowest BCUT2D eigenvalue weighted by Gasteiger charge is -2.13. The maximum atomic E-state index is 13.1. The Morgan fingerprint density at radius 3 is 2.89 bits per heavy atom. The third kappa shape index (κ3) is 2.68. The number of H-pyrrole nitrogens is 1. The van der Waals surface area contributed by atoms with Crippen LogP contribution in [0.5, 0.6) is 0 Å². The summed E-state index contributed by atoms with van der Waals surface area (Å²) in [7, 11) is 0. The maximum Gasteiger partial charge on any atom is 0.304 e. The summed E-state index contributed by atoms with van der Waals surface area (Å²) in [6, 6.07) is 4.15. The fraction of sp³-hybridized carbons (Fsp3) is 0.167. The molecule has 94 valence electrons. The van der Waals surface area contributed by atoms with E-state index in [1.165, 1.54) is 24.4 Å². The van der Waals surface area contributed by atoms with Crippen LogP contribution in [0.15, 0.2) is 30.6 Å². The quantitative estimate of drug-likeness (QED) is 0.896. The van der Waals surface area contributed by atoms with Gasteiger partial charge in [-0.3, -0.25) is 4.79 Å². The molecule has 6 heteroatoms. The number of halogens is 2. The highest BCUT2D eigenvalue weighted by atomic mass is 35.5. The lowest BCUT2D eigenvalue weighted by molar-refractivity contribution is -0.137. The van der Waals surface area contributed by atoms with E-state index in [9.17, 15) is 9.18 Å². The van der Waals surface area contributed by atoms with Gasteiger partial charge in [-0.25, -0.2) is 9.37 Å². The lowest BCUT2D eigenvalue weighted by Crippen LogP contribution is -2.09. The summed E-state index contributed by atoms with van der Waals surface area (Å²) in [5.74, 6) is -1.46. The Kier molecular flexibility index (Phi) is 3.62. The topological polar surface area (TPSA) is 66.0 Å². The molecular formula is C12H10ClFN2O2. The number of benzene rings is 1. The maximum absolute atomic E-state index is 13.1. The molecule has 1 heterocycles. The molecule has 0 bridgehead atoms. The van der Waals surface area contributed by atoms with Gasteiger partial charge >= 0.3 is 5.97 Å². The van der Waals surface area contributed by atoms with E-state index < -0.39 is 17.7 Å². The van der Waals surface area contributed by atoms with E-state index in [4.69, 9.17) is 16.7 Å². The normalized spacial score (nSPS) is 12.3. The van der Waals surface area contributed by atoms with Crippen LogP contribution in [0, 0.1) is 5.82 Å². The SMILES string of the molecule is O=C(O)CC(c1ccc(F)c(Cl)c1)c1ncc[nH]1. The molecule has 0 amide bonds. The van der Waals surface area contributed by atoms with Gasteiger partial charge in [-0.05, 0) is 17.7 Å². The average molecular weight is 269 g/mol. The number of rotatable bonds is 4. The van der Waals surface area contributed by atoms with Crippen molar-refractivity contribution in [2.24, 2.45) is 0 Å².